The van der Waals surface area contributed by atoms with E-state index in [0.717, 1.165) is 49.7 Å². The molecule has 51 heavy (non-hydrogen) atoms. The second kappa shape index (κ2) is 15.8. The molecule has 3 atom stereocenters. The van der Waals surface area contributed by atoms with Gasteiger partial charge in [-0.1, -0.05) is 31.2 Å². The van der Waals surface area contributed by atoms with Crippen molar-refractivity contribution in [2.75, 3.05) is 49.2 Å². The third kappa shape index (κ3) is 7.93. The number of piperazine rings is 1. The Kier molecular flexibility index (Phi) is 11.1. The predicted molar refractivity (Wildman–Crippen MR) is 195 cm³/mol. The van der Waals surface area contributed by atoms with Crippen LogP contribution < -0.4 is 20.2 Å². The number of rotatable bonds is 13. The Balaban J connectivity index is 1.02. The van der Waals surface area contributed by atoms with Crippen molar-refractivity contribution in [2.24, 2.45) is 0 Å². The number of halogens is 1. The number of hydrogen-bond donors (Lipinski definition) is 0. The van der Waals surface area contributed by atoms with E-state index >= 15 is 0 Å². The summed E-state index contributed by atoms with van der Waals surface area (Å²) in [6, 6.07) is 18.3. The van der Waals surface area contributed by atoms with Crippen molar-refractivity contribution in [3.05, 3.63) is 113 Å². The Hall–Kier alpha value is -5.16. The van der Waals surface area contributed by atoms with Crippen molar-refractivity contribution in [2.45, 2.75) is 51.7 Å². The summed E-state index contributed by atoms with van der Waals surface area (Å²) in [6.07, 6.45) is 8.35. The molecule has 2 fully saturated rings. The number of anilines is 2. The molecular formula is C37H42ClN9O4. The van der Waals surface area contributed by atoms with Gasteiger partial charge < -0.3 is 24.0 Å². The van der Waals surface area contributed by atoms with Gasteiger partial charge in [0.05, 0.1) is 36.8 Å². The molecule has 0 N–H and O–H groups in total. The zero-order valence-corrected chi connectivity index (χ0v) is 29.8. The van der Waals surface area contributed by atoms with Crippen LogP contribution in [0.5, 0.6) is 5.75 Å². The van der Waals surface area contributed by atoms with E-state index in [1.807, 2.05) is 38.1 Å². The first-order chi connectivity index (χ1) is 24.7. The van der Waals surface area contributed by atoms with E-state index in [-0.39, 0.29) is 36.5 Å². The monoisotopic (exact) mass is 711 g/mol. The van der Waals surface area contributed by atoms with E-state index in [9.17, 15) is 10.1 Å². The highest BCUT2D eigenvalue weighted by Crippen LogP contribution is 2.37. The molecule has 0 saturated carbocycles. The lowest BCUT2D eigenvalue weighted by molar-refractivity contribution is -0.152. The van der Waals surface area contributed by atoms with Gasteiger partial charge in [-0.05, 0) is 74.9 Å². The molecule has 0 radical (unpaired) electrons. The highest BCUT2D eigenvalue weighted by molar-refractivity contribution is 6.32. The molecular weight excluding hydrogens is 670 g/mol. The minimum atomic E-state index is -1.33. The van der Waals surface area contributed by atoms with Gasteiger partial charge in [0, 0.05) is 53.7 Å². The minimum absolute atomic E-state index is 0.0577. The second-order valence-electron chi connectivity index (χ2n) is 12.5. The standard InChI is InChI=1S/C37H42ClN9O4/c1-5-27(3)47-36(48)45(26-42-47)32-9-7-30(8-10-32)43-17-19-44(20-18-43)31-11-13-33(14-12-31)49-23-34-24-50-37(51-34,25-46-40-15-16-41-46)28(4)35(38)21-29(6-2)22-39/h6-16,21,26-27,34H,4-5,17-20,23-25H2,1-3H3/b29-6+,35-21+/t27?,34-,37-/m1/s1. The summed E-state index contributed by atoms with van der Waals surface area (Å²) >= 11 is 6.58. The number of hydrogen-bond acceptors (Lipinski definition) is 10. The van der Waals surface area contributed by atoms with Crippen LogP contribution in [0.15, 0.2) is 107 Å². The topological polar surface area (TPSA) is 128 Å². The zero-order valence-electron chi connectivity index (χ0n) is 29.1. The second-order valence-corrected chi connectivity index (χ2v) is 12.9. The van der Waals surface area contributed by atoms with Crippen LogP contribution in [0.3, 0.4) is 0 Å². The molecule has 0 bridgehead atoms. The maximum Gasteiger partial charge on any atom is 0.350 e. The lowest BCUT2D eigenvalue weighted by Crippen LogP contribution is -2.46. The molecule has 4 heterocycles. The van der Waals surface area contributed by atoms with E-state index < -0.39 is 11.9 Å². The SMILES string of the molecule is C=C(/C(Cl)=C\C(C#N)=C/C)[C@]1(Cn2nccn2)OC[C@@H](COc2ccc(N3CCN(c4ccc(-n5cnn(C(C)CC)c5=O)cc4)CC3)cc2)O1. The average molecular weight is 712 g/mol. The van der Waals surface area contributed by atoms with E-state index in [1.54, 1.807) is 36.3 Å². The van der Waals surface area contributed by atoms with Gasteiger partial charge in [-0.15, -0.1) is 0 Å². The molecule has 13 nitrogen and oxygen atoms in total. The van der Waals surface area contributed by atoms with E-state index in [2.05, 4.69) is 62.0 Å². The number of allylic oxidation sites excluding steroid dienone is 3. The number of nitrogens with zero attached hydrogens (tertiary/aromatic N) is 9. The molecule has 2 saturated heterocycles. The Morgan fingerprint density at radius 2 is 1.67 bits per heavy atom. The summed E-state index contributed by atoms with van der Waals surface area (Å²) in [7, 11) is 0. The molecule has 0 amide bonds. The Morgan fingerprint density at radius 1 is 1.06 bits per heavy atom. The fourth-order valence-corrected chi connectivity index (χ4v) is 6.30. The van der Waals surface area contributed by atoms with E-state index in [4.69, 9.17) is 25.8 Å². The predicted octanol–water partition coefficient (Wildman–Crippen LogP) is 5.26. The van der Waals surface area contributed by atoms with Crippen molar-refractivity contribution in [1.29, 1.82) is 5.26 Å². The lowest BCUT2D eigenvalue weighted by atomic mass is 10.1. The molecule has 6 rings (SSSR count). The molecule has 2 aliphatic rings. The van der Waals surface area contributed by atoms with Crippen molar-refractivity contribution in [3.8, 4) is 17.5 Å². The quantitative estimate of drug-likeness (QED) is 0.134. The first-order valence-corrected chi connectivity index (χ1v) is 17.4. The first-order valence-electron chi connectivity index (χ1n) is 17.0. The van der Waals surface area contributed by atoms with Crippen molar-refractivity contribution >= 4 is 23.0 Å². The van der Waals surface area contributed by atoms with Crippen LogP contribution in [0.1, 0.15) is 33.2 Å². The first kappa shape index (κ1) is 35.7. The van der Waals surface area contributed by atoms with Crippen LogP contribution in [0, 0.1) is 11.3 Å². The van der Waals surface area contributed by atoms with Crippen LogP contribution in [0.2, 0.25) is 0 Å². The Morgan fingerprint density at radius 3 is 2.25 bits per heavy atom. The number of aromatic nitrogens is 6. The minimum Gasteiger partial charge on any atom is -0.491 e. The van der Waals surface area contributed by atoms with Gasteiger partial charge in [-0.25, -0.2) is 14.0 Å². The third-order valence-corrected chi connectivity index (χ3v) is 9.60. The normalized spacial score (nSPS) is 20.3. The van der Waals surface area contributed by atoms with Gasteiger partial charge in [-0.3, -0.25) is 0 Å². The highest BCUT2D eigenvalue weighted by Gasteiger charge is 2.46. The Labute approximate surface area is 302 Å². The summed E-state index contributed by atoms with van der Waals surface area (Å²) in [5.74, 6) is -0.621. The summed E-state index contributed by atoms with van der Waals surface area (Å²) in [4.78, 5) is 19.0. The van der Waals surface area contributed by atoms with Gasteiger partial charge in [0.15, 0.2) is 0 Å². The van der Waals surface area contributed by atoms with Crippen molar-refractivity contribution < 1.29 is 14.2 Å². The van der Waals surface area contributed by atoms with Crippen molar-refractivity contribution in [3.63, 3.8) is 0 Å². The molecule has 0 spiro atoms. The number of nitriles is 1. The van der Waals surface area contributed by atoms with Crippen LogP contribution in [0.4, 0.5) is 11.4 Å². The molecule has 14 heteroatoms. The molecule has 2 aromatic heterocycles. The lowest BCUT2D eigenvalue weighted by Gasteiger charge is -2.37. The van der Waals surface area contributed by atoms with Crippen LogP contribution in [-0.4, -0.2) is 80.6 Å². The molecule has 1 unspecified atom stereocenters. The number of ether oxygens (including phenoxy) is 3. The highest BCUT2D eigenvalue weighted by atomic mass is 35.5. The fraction of sp³-hybridized carbons (Fsp3) is 0.378. The fourth-order valence-electron chi connectivity index (χ4n) is 6.04. The molecule has 2 aliphatic heterocycles. The van der Waals surface area contributed by atoms with Crippen LogP contribution in [0.25, 0.3) is 5.69 Å². The van der Waals surface area contributed by atoms with Gasteiger partial charge in [0.25, 0.3) is 0 Å². The van der Waals surface area contributed by atoms with E-state index in [1.165, 1.54) is 15.6 Å². The van der Waals surface area contributed by atoms with Crippen LogP contribution in [-0.2, 0) is 16.0 Å². The molecule has 0 aliphatic carbocycles. The summed E-state index contributed by atoms with van der Waals surface area (Å²) in [6.45, 7) is 14.0. The molecule has 266 valence electrons. The largest absolute Gasteiger partial charge is 0.491 e. The smallest absolute Gasteiger partial charge is 0.350 e. The summed E-state index contributed by atoms with van der Waals surface area (Å²) < 4.78 is 21.8. The van der Waals surface area contributed by atoms with Gasteiger partial charge in [0.1, 0.15) is 31.3 Å². The maximum absolute atomic E-state index is 12.8. The molecule has 2 aromatic carbocycles. The maximum atomic E-state index is 12.8. The number of benzene rings is 2. The van der Waals surface area contributed by atoms with Gasteiger partial charge in [0.2, 0.25) is 5.79 Å². The van der Waals surface area contributed by atoms with Gasteiger partial charge in [-0.2, -0.15) is 25.4 Å². The average Bonchev–Trinajstić information content (AvgIpc) is 3.94. The Bertz CT molecular complexity index is 1950. The van der Waals surface area contributed by atoms with Gasteiger partial charge >= 0.3 is 5.69 Å². The summed E-state index contributed by atoms with van der Waals surface area (Å²) in [5, 5.41) is 22.3. The zero-order chi connectivity index (χ0) is 36.0. The summed E-state index contributed by atoms with van der Waals surface area (Å²) in [5.41, 5.74) is 3.68. The third-order valence-electron chi connectivity index (χ3n) is 9.26. The molecule has 4 aromatic rings. The van der Waals surface area contributed by atoms with Crippen LogP contribution >= 0.6 is 11.6 Å². The van der Waals surface area contributed by atoms with Crippen molar-refractivity contribution in [1.82, 2.24) is 29.3 Å². The van der Waals surface area contributed by atoms with E-state index in [0.29, 0.717) is 16.9 Å².